The van der Waals surface area contributed by atoms with Crippen LogP contribution in [0.4, 0.5) is 4.79 Å². The van der Waals surface area contributed by atoms with E-state index in [0.717, 1.165) is 30.6 Å². The lowest BCUT2D eigenvalue weighted by Gasteiger charge is -2.59. The Balaban J connectivity index is 1.31. The molecule has 0 aromatic carbocycles. The van der Waals surface area contributed by atoms with E-state index in [4.69, 9.17) is 4.74 Å². The number of hydrogen-bond donors (Lipinski definition) is 1. The largest absolute Gasteiger partial charge is 0.450 e. The third kappa shape index (κ3) is 3.34. The molecule has 5 rings (SSSR count). The number of amides is 2. The minimum absolute atomic E-state index is 0.0389. The summed E-state index contributed by atoms with van der Waals surface area (Å²) < 4.78 is 5.07. The van der Waals surface area contributed by atoms with Gasteiger partial charge in [0.05, 0.1) is 6.61 Å². The van der Waals surface area contributed by atoms with Crippen molar-refractivity contribution in [2.24, 2.45) is 29.1 Å². The summed E-state index contributed by atoms with van der Waals surface area (Å²) in [5, 5.41) is 3.40. The smallest absolute Gasteiger partial charge is 0.409 e. The summed E-state index contributed by atoms with van der Waals surface area (Å²) in [7, 11) is 0. The first-order valence-corrected chi connectivity index (χ1v) is 10.7. The molecule has 1 aliphatic heterocycles. The third-order valence-corrected chi connectivity index (χ3v) is 7.75. The van der Waals surface area contributed by atoms with Crippen molar-refractivity contribution in [1.29, 1.82) is 0 Å². The van der Waals surface area contributed by atoms with E-state index in [2.05, 4.69) is 12.2 Å². The molecule has 0 aromatic heterocycles. The Hall–Kier alpha value is -1.26. The second-order valence-electron chi connectivity index (χ2n) is 9.47. The fourth-order valence-corrected chi connectivity index (χ4v) is 6.73. The Morgan fingerprint density at radius 2 is 1.62 bits per heavy atom. The summed E-state index contributed by atoms with van der Waals surface area (Å²) in [6, 6.07) is 0.284. The summed E-state index contributed by atoms with van der Waals surface area (Å²) in [6.45, 7) is 5.73. The molecule has 5 aliphatic rings. The van der Waals surface area contributed by atoms with Gasteiger partial charge in [-0.15, -0.1) is 0 Å². The van der Waals surface area contributed by atoms with Crippen molar-refractivity contribution in [2.45, 2.75) is 71.3 Å². The molecule has 146 valence electrons. The van der Waals surface area contributed by atoms with Gasteiger partial charge in [0.25, 0.3) is 0 Å². The van der Waals surface area contributed by atoms with Gasteiger partial charge in [-0.05, 0) is 88.4 Å². The summed E-state index contributed by atoms with van der Waals surface area (Å²) in [4.78, 5) is 26.4. The lowest BCUT2D eigenvalue weighted by atomic mass is 9.48. The first kappa shape index (κ1) is 18.1. The van der Waals surface area contributed by atoms with Crippen LogP contribution in [0.5, 0.6) is 0 Å². The lowest BCUT2D eigenvalue weighted by molar-refractivity contribution is -0.131. The van der Waals surface area contributed by atoms with Gasteiger partial charge in [0, 0.05) is 25.0 Å². The number of likely N-dealkylation sites (tertiary alicyclic amines) is 1. The van der Waals surface area contributed by atoms with Crippen molar-refractivity contribution >= 4 is 12.0 Å². The summed E-state index contributed by atoms with van der Waals surface area (Å²) in [5.41, 5.74) is 0.357. The van der Waals surface area contributed by atoms with Gasteiger partial charge >= 0.3 is 6.09 Å². The van der Waals surface area contributed by atoms with Crippen molar-refractivity contribution in [1.82, 2.24) is 10.2 Å². The monoisotopic (exact) mass is 362 g/mol. The number of ether oxygens (including phenoxy) is 1. The number of nitrogens with zero attached hydrogens (tertiary/aromatic N) is 1. The van der Waals surface area contributed by atoms with Crippen LogP contribution in [-0.4, -0.2) is 42.6 Å². The van der Waals surface area contributed by atoms with Crippen LogP contribution in [0.2, 0.25) is 0 Å². The van der Waals surface area contributed by atoms with E-state index in [1.807, 2.05) is 6.92 Å². The summed E-state index contributed by atoms with van der Waals surface area (Å²) in [6.07, 6.45) is 9.53. The number of carbonyl (C=O) groups is 2. The molecule has 1 atom stereocenters. The number of nitrogens with one attached hydrogen (secondary N) is 1. The number of carbonyl (C=O) groups excluding carboxylic acids is 2. The van der Waals surface area contributed by atoms with Crippen LogP contribution in [0.15, 0.2) is 0 Å². The highest BCUT2D eigenvalue weighted by molar-refractivity contribution is 5.79. The minimum atomic E-state index is -0.242. The highest BCUT2D eigenvalue weighted by Crippen LogP contribution is 2.61. The molecule has 0 spiro atoms. The third-order valence-electron chi connectivity index (χ3n) is 7.75. The van der Waals surface area contributed by atoms with Crippen LogP contribution in [0, 0.1) is 29.1 Å². The first-order valence-electron chi connectivity index (χ1n) is 10.7. The summed E-state index contributed by atoms with van der Waals surface area (Å²) in [5.74, 6) is 2.98. The van der Waals surface area contributed by atoms with Gasteiger partial charge < -0.3 is 15.0 Å². The zero-order chi connectivity index (χ0) is 18.3. The van der Waals surface area contributed by atoms with Gasteiger partial charge in [0.1, 0.15) is 0 Å². The molecule has 1 N–H and O–H groups in total. The predicted octanol–water partition coefficient (Wildman–Crippen LogP) is 3.58. The van der Waals surface area contributed by atoms with Crippen LogP contribution in [-0.2, 0) is 9.53 Å². The Bertz CT molecular complexity index is 518. The molecule has 26 heavy (non-hydrogen) atoms. The van der Waals surface area contributed by atoms with E-state index < -0.39 is 0 Å². The van der Waals surface area contributed by atoms with Crippen LogP contribution in [0.25, 0.3) is 0 Å². The van der Waals surface area contributed by atoms with E-state index in [1.54, 1.807) is 4.90 Å². The molecule has 1 heterocycles. The number of hydrogen-bond acceptors (Lipinski definition) is 3. The molecule has 4 saturated carbocycles. The molecule has 5 fully saturated rings. The molecular weight excluding hydrogens is 328 g/mol. The van der Waals surface area contributed by atoms with Crippen LogP contribution in [0.1, 0.15) is 65.2 Å². The Morgan fingerprint density at radius 1 is 1.08 bits per heavy atom. The van der Waals surface area contributed by atoms with E-state index in [0.29, 0.717) is 25.1 Å². The molecule has 1 saturated heterocycles. The van der Waals surface area contributed by atoms with Crippen LogP contribution < -0.4 is 5.32 Å². The van der Waals surface area contributed by atoms with Gasteiger partial charge in [-0.2, -0.15) is 0 Å². The second-order valence-corrected chi connectivity index (χ2v) is 9.47. The van der Waals surface area contributed by atoms with E-state index in [-0.39, 0.29) is 24.0 Å². The van der Waals surface area contributed by atoms with Gasteiger partial charge in [-0.1, -0.05) is 0 Å². The molecule has 4 bridgehead atoms. The van der Waals surface area contributed by atoms with Crippen LogP contribution >= 0.6 is 0 Å². The van der Waals surface area contributed by atoms with Crippen molar-refractivity contribution in [2.75, 3.05) is 19.7 Å². The highest BCUT2D eigenvalue weighted by Gasteiger charge is 2.53. The minimum Gasteiger partial charge on any atom is -0.450 e. The molecule has 2 amide bonds. The fraction of sp³-hybridized carbons (Fsp3) is 0.905. The van der Waals surface area contributed by atoms with Crippen molar-refractivity contribution < 1.29 is 14.3 Å². The quantitative estimate of drug-likeness (QED) is 0.832. The average Bonchev–Trinajstić information content (AvgIpc) is 2.61. The van der Waals surface area contributed by atoms with Gasteiger partial charge in [-0.3, -0.25) is 4.79 Å². The SMILES string of the molecule is CCOC(=O)N1CCC(C(=O)N[C@@H](C)C23CC4CC(CC(C4)C2)C3)CC1. The first-order chi connectivity index (χ1) is 12.5. The Kier molecular flexibility index (Phi) is 4.91. The Morgan fingerprint density at radius 3 is 2.12 bits per heavy atom. The zero-order valence-electron chi connectivity index (χ0n) is 16.3. The average molecular weight is 363 g/mol. The van der Waals surface area contributed by atoms with Crippen molar-refractivity contribution in [3.63, 3.8) is 0 Å². The van der Waals surface area contributed by atoms with Crippen molar-refractivity contribution in [3.05, 3.63) is 0 Å². The van der Waals surface area contributed by atoms with Gasteiger partial charge in [-0.25, -0.2) is 4.79 Å². The maximum absolute atomic E-state index is 12.9. The van der Waals surface area contributed by atoms with Gasteiger partial charge in [0.15, 0.2) is 0 Å². The normalized spacial score (nSPS) is 37.5. The second kappa shape index (κ2) is 7.05. The molecule has 0 aromatic rings. The van der Waals surface area contributed by atoms with E-state index in [9.17, 15) is 9.59 Å². The molecule has 4 aliphatic carbocycles. The number of rotatable bonds is 4. The van der Waals surface area contributed by atoms with E-state index in [1.165, 1.54) is 38.5 Å². The standard InChI is InChI=1S/C21H34N2O3/c1-3-26-20(25)23-6-4-18(5-7-23)19(24)22-14(2)21-11-15-8-16(12-21)10-17(9-15)13-21/h14-18H,3-13H2,1-2H3,(H,22,24)/t14-,15?,16?,17?,21?/m0/s1. The fourth-order valence-electron chi connectivity index (χ4n) is 6.73. The van der Waals surface area contributed by atoms with Crippen LogP contribution in [0.3, 0.4) is 0 Å². The lowest BCUT2D eigenvalue weighted by Crippen LogP contribution is -2.57. The Labute approximate surface area is 157 Å². The maximum atomic E-state index is 12.9. The molecule has 0 radical (unpaired) electrons. The highest BCUT2D eigenvalue weighted by atomic mass is 16.6. The van der Waals surface area contributed by atoms with Crippen molar-refractivity contribution in [3.8, 4) is 0 Å². The topological polar surface area (TPSA) is 58.6 Å². The molecule has 0 unspecified atom stereocenters. The number of piperidine rings is 1. The predicted molar refractivity (Wildman–Crippen MR) is 99.5 cm³/mol. The molecule has 5 heteroatoms. The van der Waals surface area contributed by atoms with E-state index >= 15 is 0 Å². The molecular formula is C21H34N2O3. The summed E-state index contributed by atoms with van der Waals surface area (Å²) >= 11 is 0. The maximum Gasteiger partial charge on any atom is 0.409 e. The zero-order valence-corrected chi connectivity index (χ0v) is 16.3. The molecule has 5 nitrogen and oxygen atoms in total. The van der Waals surface area contributed by atoms with Gasteiger partial charge in [0.2, 0.25) is 5.91 Å².